The maximum absolute atomic E-state index is 11.9. The lowest BCUT2D eigenvalue weighted by Crippen LogP contribution is -2.27. The number of nitrogens with zero attached hydrogens (tertiary/aromatic N) is 1. The fourth-order valence-electron chi connectivity index (χ4n) is 2.12. The van der Waals surface area contributed by atoms with Crippen LogP contribution in [-0.2, 0) is 11.3 Å². The number of carbonyl (C=O) groups excluding carboxylic acids is 2. The number of carbonyl (C=O) groups is 2. The van der Waals surface area contributed by atoms with Crippen molar-refractivity contribution in [2.24, 2.45) is 0 Å². The molecular weight excluding hydrogens is 338 g/mol. The van der Waals surface area contributed by atoms with E-state index >= 15 is 0 Å². The average Bonchev–Trinajstić information content (AvgIpc) is 3.17. The molecule has 0 aliphatic rings. The largest absolute Gasteiger partial charge is 0.477 e. The Morgan fingerprint density at radius 2 is 2.12 bits per heavy atom. The van der Waals surface area contributed by atoms with Crippen molar-refractivity contribution >= 4 is 23.2 Å². The zero-order valence-electron chi connectivity index (χ0n) is 14.3. The molecule has 0 unspecified atom stereocenters. The first-order chi connectivity index (χ1) is 12.2. The lowest BCUT2D eigenvalue weighted by molar-refractivity contribution is -0.121. The minimum Gasteiger partial charge on any atom is -0.477 e. The summed E-state index contributed by atoms with van der Waals surface area (Å²) in [5.41, 5.74) is 0.857. The molecule has 2 amide bonds. The number of hydrogen-bond acceptors (Lipinski definition) is 5. The van der Waals surface area contributed by atoms with E-state index in [1.165, 1.54) is 11.3 Å². The fourth-order valence-corrected chi connectivity index (χ4v) is 2.76. The topological polar surface area (TPSA) is 80.3 Å². The summed E-state index contributed by atoms with van der Waals surface area (Å²) in [6.07, 6.45) is 3.53. The van der Waals surface area contributed by atoms with Crippen molar-refractivity contribution in [3.05, 3.63) is 46.3 Å². The van der Waals surface area contributed by atoms with Gasteiger partial charge in [0.05, 0.1) is 11.5 Å². The summed E-state index contributed by atoms with van der Waals surface area (Å²) in [5.74, 6) is 0.409. The van der Waals surface area contributed by atoms with Crippen LogP contribution in [0.15, 0.2) is 35.8 Å². The lowest BCUT2D eigenvalue weighted by Gasteiger charge is -2.10. The summed E-state index contributed by atoms with van der Waals surface area (Å²) in [4.78, 5) is 28.6. The van der Waals surface area contributed by atoms with E-state index in [4.69, 9.17) is 4.74 Å². The maximum Gasteiger partial charge on any atom is 0.261 e. The Bertz CT molecular complexity index is 674. The van der Waals surface area contributed by atoms with Gasteiger partial charge in [-0.25, -0.2) is 4.98 Å². The normalized spacial score (nSPS) is 10.3. The first kappa shape index (κ1) is 18.9. The molecule has 2 aromatic heterocycles. The highest BCUT2D eigenvalue weighted by Gasteiger charge is 2.08. The Morgan fingerprint density at radius 3 is 2.88 bits per heavy atom. The molecule has 6 nitrogen and oxygen atoms in total. The molecule has 7 heteroatoms. The molecule has 134 valence electrons. The predicted molar refractivity (Wildman–Crippen MR) is 97.8 cm³/mol. The van der Waals surface area contributed by atoms with Gasteiger partial charge in [-0.3, -0.25) is 9.59 Å². The zero-order valence-corrected chi connectivity index (χ0v) is 15.1. The molecule has 0 aliphatic carbocycles. The van der Waals surface area contributed by atoms with Gasteiger partial charge in [0.25, 0.3) is 5.91 Å². The summed E-state index contributed by atoms with van der Waals surface area (Å²) >= 11 is 1.40. The predicted octanol–water partition coefficient (Wildman–Crippen LogP) is 2.76. The van der Waals surface area contributed by atoms with E-state index in [2.05, 4.69) is 15.6 Å². The highest BCUT2D eigenvalue weighted by molar-refractivity contribution is 7.12. The number of thiophene rings is 1. The number of hydrogen-bond donors (Lipinski definition) is 2. The van der Waals surface area contributed by atoms with Crippen LogP contribution in [0.1, 0.15) is 41.4 Å². The molecule has 2 aromatic rings. The van der Waals surface area contributed by atoms with Gasteiger partial charge in [0.15, 0.2) is 0 Å². The summed E-state index contributed by atoms with van der Waals surface area (Å²) in [6, 6.07) is 7.32. The molecule has 0 bridgehead atoms. The Morgan fingerprint density at radius 1 is 1.24 bits per heavy atom. The van der Waals surface area contributed by atoms with Crippen LogP contribution in [0.5, 0.6) is 5.88 Å². The van der Waals surface area contributed by atoms with Gasteiger partial charge in [-0.05, 0) is 30.4 Å². The van der Waals surface area contributed by atoms with E-state index in [1.54, 1.807) is 12.3 Å². The van der Waals surface area contributed by atoms with Crippen LogP contribution in [0.25, 0.3) is 0 Å². The second-order valence-corrected chi connectivity index (χ2v) is 6.38. The van der Waals surface area contributed by atoms with E-state index in [1.807, 2.05) is 30.5 Å². The van der Waals surface area contributed by atoms with Crippen LogP contribution in [0.3, 0.4) is 0 Å². The second-order valence-electron chi connectivity index (χ2n) is 5.43. The number of aromatic nitrogens is 1. The van der Waals surface area contributed by atoms with Crippen molar-refractivity contribution in [3.63, 3.8) is 0 Å². The molecule has 2 heterocycles. The van der Waals surface area contributed by atoms with Gasteiger partial charge in [-0.15, -0.1) is 11.3 Å². The summed E-state index contributed by atoms with van der Waals surface area (Å²) < 4.78 is 5.57. The fraction of sp³-hybridized carbons (Fsp3) is 0.389. The first-order valence-corrected chi connectivity index (χ1v) is 9.23. The third-order valence-electron chi connectivity index (χ3n) is 3.38. The Balaban J connectivity index is 1.66. The summed E-state index contributed by atoms with van der Waals surface area (Å²) in [7, 11) is 0. The van der Waals surface area contributed by atoms with Gasteiger partial charge >= 0.3 is 0 Å². The number of pyridine rings is 1. The van der Waals surface area contributed by atoms with Gasteiger partial charge in [0, 0.05) is 31.3 Å². The molecule has 0 spiro atoms. The number of rotatable bonds is 10. The number of ether oxygens (including phenoxy) is 1. The standard InChI is InChI=1S/C18H23N3O3S/c1-2-11-24-18-14(6-3-10-20-18)13-21-16(22)8-4-9-19-17(23)15-7-5-12-25-15/h3,5-7,10,12H,2,4,8-9,11,13H2,1H3,(H,19,23)(H,21,22). The highest BCUT2D eigenvalue weighted by atomic mass is 32.1. The van der Waals surface area contributed by atoms with Gasteiger partial charge in [-0.1, -0.05) is 19.1 Å². The SMILES string of the molecule is CCCOc1ncccc1CNC(=O)CCCNC(=O)c1cccs1. The Hall–Kier alpha value is -2.41. The van der Waals surface area contributed by atoms with Crippen LogP contribution in [0, 0.1) is 0 Å². The molecule has 25 heavy (non-hydrogen) atoms. The summed E-state index contributed by atoms with van der Waals surface area (Å²) in [5, 5.41) is 7.53. The van der Waals surface area contributed by atoms with Crippen molar-refractivity contribution in [1.29, 1.82) is 0 Å². The van der Waals surface area contributed by atoms with Crippen molar-refractivity contribution in [2.75, 3.05) is 13.2 Å². The molecule has 2 N–H and O–H groups in total. The smallest absolute Gasteiger partial charge is 0.261 e. The van der Waals surface area contributed by atoms with E-state index < -0.39 is 0 Å². The van der Waals surface area contributed by atoms with E-state index in [0.717, 1.165) is 12.0 Å². The molecule has 0 fully saturated rings. The average molecular weight is 361 g/mol. The van der Waals surface area contributed by atoms with Gasteiger partial charge in [-0.2, -0.15) is 0 Å². The third-order valence-corrected chi connectivity index (χ3v) is 4.25. The molecule has 0 aromatic carbocycles. The zero-order chi connectivity index (χ0) is 17.9. The molecule has 0 saturated carbocycles. The van der Waals surface area contributed by atoms with Crippen LogP contribution in [0.4, 0.5) is 0 Å². The molecule has 0 atom stereocenters. The van der Waals surface area contributed by atoms with Crippen molar-refractivity contribution in [3.8, 4) is 5.88 Å². The molecule has 0 aliphatic heterocycles. The number of nitrogens with one attached hydrogen (secondary N) is 2. The first-order valence-electron chi connectivity index (χ1n) is 8.35. The monoisotopic (exact) mass is 361 g/mol. The van der Waals surface area contributed by atoms with Crippen LogP contribution in [0.2, 0.25) is 0 Å². The summed E-state index contributed by atoms with van der Waals surface area (Å²) in [6.45, 7) is 3.48. The van der Waals surface area contributed by atoms with Crippen molar-refractivity contribution < 1.29 is 14.3 Å². The highest BCUT2D eigenvalue weighted by Crippen LogP contribution is 2.14. The van der Waals surface area contributed by atoms with E-state index in [9.17, 15) is 9.59 Å². The maximum atomic E-state index is 11.9. The van der Waals surface area contributed by atoms with Crippen molar-refractivity contribution in [2.45, 2.75) is 32.7 Å². The number of amides is 2. The van der Waals surface area contributed by atoms with E-state index in [0.29, 0.717) is 43.3 Å². The van der Waals surface area contributed by atoms with Crippen LogP contribution < -0.4 is 15.4 Å². The van der Waals surface area contributed by atoms with E-state index in [-0.39, 0.29) is 11.8 Å². The minimum absolute atomic E-state index is 0.0596. The van der Waals surface area contributed by atoms with Crippen LogP contribution >= 0.6 is 11.3 Å². The minimum atomic E-state index is -0.0940. The van der Waals surface area contributed by atoms with Gasteiger partial charge in [0.1, 0.15) is 0 Å². The Kier molecular flexibility index (Phi) is 7.91. The molecule has 2 rings (SSSR count). The third kappa shape index (κ3) is 6.54. The molecule has 0 radical (unpaired) electrons. The van der Waals surface area contributed by atoms with Crippen molar-refractivity contribution in [1.82, 2.24) is 15.6 Å². The second kappa shape index (κ2) is 10.5. The molecular formula is C18H23N3O3S. The Labute approximate surface area is 151 Å². The van der Waals surface area contributed by atoms with Gasteiger partial charge < -0.3 is 15.4 Å². The van der Waals surface area contributed by atoms with Crippen LogP contribution in [-0.4, -0.2) is 29.9 Å². The quantitative estimate of drug-likeness (QED) is 0.638. The molecule has 0 saturated heterocycles. The van der Waals surface area contributed by atoms with Gasteiger partial charge in [0.2, 0.25) is 11.8 Å². The lowest BCUT2D eigenvalue weighted by atomic mass is 10.2.